The highest BCUT2D eigenvalue weighted by Gasteiger charge is 2.02. The number of aliphatic hydroxyl groups is 1. The minimum absolute atomic E-state index is 0.0505. The quantitative estimate of drug-likeness (QED) is 0.740. The van der Waals surface area contributed by atoms with Gasteiger partial charge in [0.25, 0.3) is 0 Å². The number of urea groups is 1. The van der Waals surface area contributed by atoms with Gasteiger partial charge in [0, 0.05) is 19.8 Å². The van der Waals surface area contributed by atoms with Crippen LogP contribution in [0.15, 0.2) is 36.5 Å². The summed E-state index contributed by atoms with van der Waals surface area (Å²) in [7, 11) is 1.84. The van der Waals surface area contributed by atoms with Crippen LogP contribution in [0, 0.1) is 0 Å². The number of aromatic nitrogens is 2. The van der Waals surface area contributed by atoms with Gasteiger partial charge in [0.05, 0.1) is 18.8 Å². The Morgan fingerprint density at radius 1 is 1.19 bits per heavy atom. The molecule has 0 fully saturated rings. The average Bonchev–Trinajstić information content (AvgIpc) is 2.91. The van der Waals surface area contributed by atoms with Gasteiger partial charge < -0.3 is 15.7 Å². The zero-order valence-corrected chi connectivity index (χ0v) is 12.0. The van der Waals surface area contributed by atoms with Crippen LogP contribution in [-0.4, -0.2) is 27.5 Å². The lowest BCUT2D eigenvalue weighted by atomic mass is 10.1. The third-order valence-electron chi connectivity index (χ3n) is 3.26. The van der Waals surface area contributed by atoms with Gasteiger partial charge >= 0.3 is 6.03 Å². The number of benzene rings is 1. The molecule has 0 saturated heterocycles. The Morgan fingerprint density at radius 2 is 1.90 bits per heavy atom. The number of hydrogen-bond donors (Lipinski definition) is 3. The van der Waals surface area contributed by atoms with Crippen molar-refractivity contribution in [3.8, 4) is 0 Å². The summed E-state index contributed by atoms with van der Waals surface area (Å²) in [6, 6.07) is 9.36. The van der Waals surface area contributed by atoms with E-state index in [1.807, 2.05) is 37.4 Å². The van der Waals surface area contributed by atoms with Gasteiger partial charge in [0.2, 0.25) is 0 Å². The number of rotatable bonds is 6. The summed E-state index contributed by atoms with van der Waals surface area (Å²) in [4.78, 5) is 11.7. The van der Waals surface area contributed by atoms with E-state index >= 15 is 0 Å². The average molecular weight is 288 g/mol. The zero-order valence-electron chi connectivity index (χ0n) is 12.0. The summed E-state index contributed by atoms with van der Waals surface area (Å²) in [6.45, 7) is 1.07. The fraction of sp³-hybridized carbons (Fsp3) is 0.333. The first-order valence-corrected chi connectivity index (χ1v) is 6.86. The third-order valence-corrected chi connectivity index (χ3v) is 3.26. The van der Waals surface area contributed by atoms with E-state index in [9.17, 15) is 4.79 Å². The smallest absolute Gasteiger partial charge is 0.315 e. The van der Waals surface area contributed by atoms with Crippen molar-refractivity contribution in [1.82, 2.24) is 20.4 Å². The Morgan fingerprint density at radius 3 is 2.52 bits per heavy atom. The first kappa shape index (κ1) is 15.1. The lowest BCUT2D eigenvalue weighted by molar-refractivity contribution is 0.240. The minimum atomic E-state index is -0.192. The highest BCUT2D eigenvalue weighted by atomic mass is 16.3. The van der Waals surface area contributed by atoms with Crippen molar-refractivity contribution in [2.75, 3.05) is 6.54 Å². The molecule has 2 aromatic rings. The molecule has 0 radical (unpaired) electrons. The number of nitrogens with one attached hydrogen (secondary N) is 2. The molecule has 0 bridgehead atoms. The van der Waals surface area contributed by atoms with E-state index in [-0.39, 0.29) is 12.6 Å². The zero-order chi connectivity index (χ0) is 15.1. The maximum atomic E-state index is 11.7. The topological polar surface area (TPSA) is 79.2 Å². The van der Waals surface area contributed by atoms with E-state index in [0.717, 1.165) is 23.2 Å². The predicted molar refractivity (Wildman–Crippen MR) is 79.5 cm³/mol. The first-order chi connectivity index (χ1) is 10.2. The highest BCUT2D eigenvalue weighted by molar-refractivity contribution is 5.73. The van der Waals surface area contributed by atoms with Crippen molar-refractivity contribution in [3.05, 3.63) is 53.3 Å². The molecule has 1 aromatic carbocycles. The standard InChI is InChI=1S/C15H20N4O2/c1-19-14(7-9-18-19)10-17-15(21)16-8-6-12-2-4-13(11-20)5-3-12/h2-5,7,9,20H,6,8,10-11H2,1H3,(H2,16,17,21). The van der Waals surface area contributed by atoms with Gasteiger partial charge in [-0.25, -0.2) is 4.79 Å². The Kier molecular flexibility index (Phi) is 5.34. The molecule has 0 atom stereocenters. The molecular formula is C15H20N4O2. The maximum Gasteiger partial charge on any atom is 0.315 e. The monoisotopic (exact) mass is 288 g/mol. The maximum absolute atomic E-state index is 11.7. The van der Waals surface area contributed by atoms with E-state index < -0.39 is 0 Å². The van der Waals surface area contributed by atoms with Crippen LogP contribution in [-0.2, 0) is 26.6 Å². The minimum Gasteiger partial charge on any atom is -0.392 e. The van der Waals surface area contributed by atoms with Crippen LogP contribution in [0.2, 0.25) is 0 Å². The van der Waals surface area contributed by atoms with Crippen molar-refractivity contribution in [2.24, 2.45) is 7.05 Å². The molecule has 1 aromatic heterocycles. The van der Waals surface area contributed by atoms with Gasteiger partial charge in [-0.15, -0.1) is 0 Å². The second-order valence-electron chi connectivity index (χ2n) is 4.78. The summed E-state index contributed by atoms with van der Waals surface area (Å²) in [6.07, 6.45) is 2.45. The first-order valence-electron chi connectivity index (χ1n) is 6.86. The number of carbonyl (C=O) groups excluding carboxylic acids is 1. The van der Waals surface area contributed by atoms with E-state index in [2.05, 4.69) is 15.7 Å². The predicted octanol–water partition coefficient (Wildman–Crippen LogP) is 0.954. The number of nitrogens with zero attached hydrogens (tertiary/aromatic N) is 2. The van der Waals surface area contributed by atoms with Gasteiger partial charge in [-0.3, -0.25) is 4.68 Å². The van der Waals surface area contributed by atoms with Crippen molar-refractivity contribution in [2.45, 2.75) is 19.6 Å². The van der Waals surface area contributed by atoms with Crippen LogP contribution in [0.4, 0.5) is 4.79 Å². The summed E-state index contributed by atoms with van der Waals surface area (Å²) in [5, 5.41) is 18.6. The SMILES string of the molecule is Cn1nccc1CNC(=O)NCCc1ccc(CO)cc1. The summed E-state index contributed by atoms with van der Waals surface area (Å²) >= 11 is 0. The Hall–Kier alpha value is -2.34. The lowest BCUT2D eigenvalue weighted by Gasteiger charge is -2.08. The van der Waals surface area contributed by atoms with E-state index in [1.165, 1.54) is 0 Å². The van der Waals surface area contributed by atoms with Gasteiger partial charge in [-0.2, -0.15) is 5.10 Å². The fourth-order valence-corrected chi connectivity index (χ4v) is 1.94. The van der Waals surface area contributed by atoms with Gasteiger partial charge in [0.15, 0.2) is 0 Å². The molecule has 2 rings (SSSR count). The molecule has 6 heteroatoms. The lowest BCUT2D eigenvalue weighted by Crippen LogP contribution is -2.36. The van der Waals surface area contributed by atoms with Gasteiger partial charge in [-0.1, -0.05) is 24.3 Å². The summed E-state index contributed by atoms with van der Waals surface area (Å²) in [5.41, 5.74) is 2.96. The number of hydrogen-bond acceptors (Lipinski definition) is 3. The molecule has 0 aliphatic rings. The number of carbonyl (C=O) groups is 1. The molecular weight excluding hydrogens is 268 g/mol. The van der Waals surface area contributed by atoms with E-state index in [4.69, 9.17) is 5.11 Å². The Labute approximate surface area is 123 Å². The largest absolute Gasteiger partial charge is 0.392 e. The molecule has 0 aliphatic carbocycles. The second-order valence-corrected chi connectivity index (χ2v) is 4.78. The third kappa shape index (κ3) is 4.61. The van der Waals surface area contributed by atoms with Crippen LogP contribution in [0.5, 0.6) is 0 Å². The van der Waals surface area contributed by atoms with E-state index in [1.54, 1.807) is 10.9 Å². The van der Waals surface area contributed by atoms with Crippen LogP contribution in [0.1, 0.15) is 16.8 Å². The molecule has 112 valence electrons. The van der Waals surface area contributed by atoms with Gasteiger partial charge in [0.1, 0.15) is 0 Å². The van der Waals surface area contributed by atoms with Crippen LogP contribution in [0.3, 0.4) is 0 Å². The normalized spacial score (nSPS) is 10.4. The Bertz CT molecular complexity index is 578. The molecule has 2 amide bonds. The molecule has 1 heterocycles. The van der Waals surface area contributed by atoms with Crippen LogP contribution in [0.25, 0.3) is 0 Å². The van der Waals surface area contributed by atoms with E-state index in [0.29, 0.717) is 13.1 Å². The van der Waals surface area contributed by atoms with Crippen molar-refractivity contribution < 1.29 is 9.90 Å². The molecule has 0 saturated carbocycles. The highest BCUT2D eigenvalue weighted by Crippen LogP contribution is 2.04. The molecule has 21 heavy (non-hydrogen) atoms. The number of amides is 2. The molecule has 3 N–H and O–H groups in total. The molecule has 0 spiro atoms. The summed E-state index contributed by atoms with van der Waals surface area (Å²) in [5.74, 6) is 0. The van der Waals surface area contributed by atoms with Gasteiger partial charge in [-0.05, 0) is 23.6 Å². The van der Waals surface area contributed by atoms with Crippen molar-refractivity contribution in [3.63, 3.8) is 0 Å². The van der Waals surface area contributed by atoms with Crippen LogP contribution >= 0.6 is 0 Å². The Balaban J connectivity index is 1.68. The number of aliphatic hydroxyl groups excluding tert-OH is 1. The van der Waals surface area contributed by atoms with Crippen molar-refractivity contribution in [1.29, 1.82) is 0 Å². The van der Waals surface area contributed by atoms with Crippen molar-refractivity contribution >= 4 is 6.03 Å². The summed E-state index contributed by atoms with van der Waals surface area (Å²) < 4.78 is 1.73. The second kappa shape index (κ2) is 7.44. The van der Waals surface area contributed by atoms with Crippen LogP contribution < -0.4 is 10.6 Å². The molecule has 6 nitrogen and oxygen atoms in total. The number of aryl methyl sites for hydroxylation is 1. The fourth-order valence-electron chi connectivity index (χ4n) is 1.94. The molecule has 0 unspecified atom stereocenters. The molecule has 0 aliphatic heterocycles.